The topological polar surface area (TPSA) is 58.2 Å². The molecule has 4 nitrogen and oxygen atoms in total. The maximum absolute atomic E-state index is 13.2. The molecule has 0 aliphatic heterocycles. The number of anilines is 1. The Balaban J connectivity index is 2.00. The average Bonchev–Trinajstić information content (AvgIpc) is 2.79. The summed E-state index contributed by atoms with van der Waals surface area (Å²) < 4.78 is 13.2. The van der Waals surface area contributed by atoms with Crippen molar-refractivity contribution in [1.82, 2.24) is 5.32 Å². The fourth-order valence-corrected chi connectivity index (χ4v) is 2.93. The van der Waals surface area contributed by atoms with Crippen molar-refractivity contribution in [3.8, 4) is 0 Å². The zero-order valence-electron chi connectivity index (χ0n) is 14.1. The third kappa shape index (κ3) is 4.69. The maximum atomic E-state index is 13.2. The van der Waals surface area contributed by atoms with Crippen LogP contribution in [0.1, 0.15) is 52.4 Å². The predicted octanol–water partition coefficient (Wildman–Crippen LogP) is 4.28. The third-order valence-electron chi connectivity index (χ3n) is 4.50. The third-order valence-corrected chi connectivity index (χ3v) is 4.79. The molecule has 1 aromatic rings. The molecule has 24 heavy (non-hydrogen) atoms. The molecule has 0 unspecified atom stereocenters. The number of carbonyl (C=O) groups excluding carboxylic acids is 2. The van der Waals surface area contributed by atoms with Gasteiger partial charge in [0.25, 0.3) is 0 Å². The molecule has 1 aliphatic rings. The summed E-state index contributed by atoms with van der Waals surface area (Å²) in [6.07, 6.45) is 6.51. The van der Waals surface area contributed by atoms with Crippen molar-refractivity contribution < 1.29 is 14.0 Å². The van der Waals surface area contributed by atoms with Crippen LogP contribution in [0.5, 0.6) is 0 Å². The first kappa shape index (κ1) is 18.7. The standard InChI is InChI=1S/C18H24ClFN2O2/c1-18(2,16(23)21-12-7-5-3-4-6-8-12)17(24)22-13-9-10-15(20)14(19)11-13/h9-12H,3-8H2,1-2H3,(H,21,23)(H,22,24). The molecule has 6 heteroatoms. The van der Waals surface area contributed by atoms with Crippen LogP contribution in [0.4, 0.5) is 10.1 Å². The van der Waals surface area contributed by atoms with Gasteiger partial charge in [0.15, 0.2) is 0 Å². The van der Waals surface area contributed by atoms with Gasteiger partial charge in [-0.1, -0.05) is 37.3 Å². The minimum Gasteiger partial charge on any atom is -0.352 e. The maximum Gasteiger partial charge on any atom is 0.239 e. The second kappa shape index (κ2) is 7.97. The molecule has 1 aromatic carbocycles. The fourth-order valence-electron chi connectivity index (χ4n) is 2.75. The van der Waals surface area contributed by atoms with Crippen LogP contribution in [0, 0.1) is 11.2 Å². The summed E-state index contributed by atoms with van der Waals surface area (Å²) in [7, 11) is 0. The molecule has 0 radical (unpaired) electrons. The number of carbonyl (C=O) groups is 2. The van der Waals surface area contributed by atoms with E-state index in [1.807, 2.05) is 0 Å². The Morgan fingerprint density at radius 1 is 1.12 bits per heavy atom. The van der Waals surface area contributed by atoms with Crippen molar-refractivity contribution in [2.45, 2.75) is 58.4 Å². The molecule has 2 rings (SSSR count). The van der Waals surface area contributed by atoms with Gasteiger partial charge < -0.3 is 10.6 Å². The lowest BCUT2D eigenvalue weighted by atomic mass is 9.90. The van der Waals surface area contributed by atoms with Gasteiger partial charge in [-0.15, -0.1) is 0 Å². The van der Waals surface area contributed by atoms with Gasteiger partial charge >= 0.3 is 0 Å². The highest BCUT2D eigenvalue weighted by Crippen LogP contribution is 2.24. The summed E-state index contributed by atoms with van der Waals surface area (Å²) in [5.74, 6) is -1.29. The van der Waals surface area contributed by atoms with E-state index in [1.165, 1.54) is 31.0 Å². The minimum atomic E-state index is -1.23. The SMILES string of the molecule is CC(C)(C(=O)Nc1ccc(F)c(Cl)c1)C(=O)NC1CCCCCC1. The lowest BCUT2D eigenvalue weighted by molar-refractivity contribution is -0.138. The van der Waals surface area contributed by atoms with Crippen LogP contribution in [0.2, 0.25) is 5.02 Å². The molecule has 0 heterocycles. The van der Waals surface area contributed by atoms with Crippen molar-refractivity contribution in [3.63, 3.8) is 0 Å². The lowest BCUT2D eigenvalue weighted by Crippen LogP contribution is -2.48. The lowest BCUT2D eigenvalue weighted by Gasteiger charge is -2.26. The molecular formula is C18H24ClFN2O2. The Labute approximate surface area is 147 Å². The first-order valence-electron chi connectivity index (χ1n) is 8.38. The summed E-state index contributed by atoms with van der Waals surface area (Å²) in [4.78, 5) is 25.0. The van der Waals surface area contributed by atoms with Crippen LogP contribution in [0.15, 0.2) is 18.2 Å². The zero-order chi connectivity index (χ0) is 17.7. The fraction of sp³-hybridized carbons (Fsp3) is 0.556. The van der Waals surface area contributed by atoms with E-state index < -0.39 is 17.1 Å². The van der Waals surface area contributed by atoms with E-state index in [0.29, 0.717) is 5.69 Å². The van der Waals surface area contributed by atoms with Crippen molar-refractivity contribution in [2.75, 3.05) is 5.32 Å². The van der Waals surface area contributed by atoms with Gasteiger partial charge in [-0.05, 0) is 44.9 Å². The highest BCUT2D eigenvalue weighted by Gasteiger charge is 2.37. The zero-order valence-corrected chi connectivity index (χ0v) is 14.9. The van der Waals surface area contributed by atoms with Gasteiger partial charge in [0.05, 0.1) is 5.02 Å². The molecular weight excluding hydrogens is 331 g/mol. The van der Waals surface area contributed by atoms with Crippen LogP contribution in [-0.2, 0) is 9.59 Å². The summed E-state index contributed by atoms with van der Waals surface area (Å²) in [5, 5.41) is 5.55. The molecule has 0 saturated heterocycles. The summed E-state index contributed by atoms with van der Waals surface area (Å²) in [5.41, 5.74) is -0.866. The van der Waals surface area contributed by atoms with Gasteiger partial charge in [-0.3, -0.25) is 9.59 Å². The van der Waals surface area contributed by atoms with E-state index in [9.17, 15) is 14.0 Å². The molecule has 2 N–H and O–H groups in total. The second-order valence-electron chi connectivity index (χ2n) is 6.87. The molecule has 132 valence electrons. The van der Waals surface area contributed by atoms with E-state index in [1.54, 1.807) is 13.8 Å². The Morgan fingerprint density at radius 2 is 1.75 bits per heavy atom. The van der Waals surface area contributed by atoms with Gasteiger partial charge in [0.2, 0.25) is 11.8 Å². The van der Waals surface area contributed by atoms with E-state index in [0.717, 1.165) is 25.7 Å². The predicted molar refractivity (Wildman–Crippen MR) is 93.5 cm³/mol. The Kier molecular flexibility index (Phi) is 6.21. The van der Waals surface area contributed by atoms with Crippen LogP contribution < -0.4 is 10.6 Å². The number of nitrogens with one attached hydrogen (secondary N) is 2. The van der Waals surface area contributed by atoms with Crippen molar-refractivity contribution in [2.24, 2.45) is 5.41 Å². The minimum absolute atomic E-state index is 0.0755. The van der Waals surface area contributed by atoms with E-state index in [2.05, 4.69) is 10.6 Å². The van der Waals surface area contributed by atoms with Crippen LogP contribution in [0.3, 0.4) is 0 Å². The van der Waals surface area contributed by atoms with Gasteiger partial charge in [0.1, 0.15) is 11.2 Å². The number of hydrogen-bond acceptors (Lipinski definition) is 2. The smallest absolute Gasteiger partial charge is 0.239 e. The molecule has 1 saturated carbocycles. The number of benzene rings is 1. The molecule has 2 amide bonds. The van der Waals surface area contributed by atoms with Gasteiger partial charge in [0, 0.05) is 11.7 Å². The Bertz CT molecular complexity index is 611. The highest BCUT2D eigenvalue weighted by molar-refractivity contribution is 6.31. The number of halogens is 2. The van der Waals surface area contributed by atoms with E-state index >= 15 is 0 Å². The van der Waals surface area contributed by atoms with E-state index in [-0.39, 0.29) is 17.0 Å². The largest absolute Gasteiger partial charge is 0.352 e. The molecule has 0 aromatic heterocycles. The Hall–Kier alpha value is -1.62. The molecule has 0 spiro atoms. The van der Waals surface area contributed by atoms with Crippen LogP contribution in [0.25, 0.3) is 0 Å². The Morgan fingerprint density at radius 3 is 2.33 bits per heavy atom. The second-order valence-corrected chi connectivity index (χ2v) is 7.28. The van der Waals surface area contributed by atoms with Crippen molar-refractivity contribution >= 4 is 29.1 Å². The number of amides is 2. The van der Waals surface area contributed by atoms with E-state index in [4.69, 9.17) is 11.6 Å². The van der Waals surface area contributed by atoms with Gasteiger partial charge in [-0.25, -0.2) is 4.39 Å². The van der Waals surface area contributed by atoms with Gasteiger partial charge in [-0.2, -0.15) is 0 Å². The highest BCUT2D eigenvalue weighted by atomic mass is 35.5. The number of hydrogen-bond donors (Lipinski definition) is 2. The van der Waals surface area contributed by atoms with Crippen LogP contribution in [-0.4, -0.2) is 17.9 Å². The quantitative estimate of drug-likeness (QED) is 0.626. The van der Waals surface area contributed by atoms with Crippen molar-refractivity contribution in [1.29, 1.82) is 0 Å². The average molecular weight is 355 g/mol. The summed E-state index contributed by atoms with van der Waals surface area (Å²) in [6.45, 7) is 3.17. The summed E-state index contributed by atoms with van der Waals surface area (Å²) >= 11 is 5.71. The molecule has 0 bridgehead atoms. The first-order valence-corrected chi connectivity index (χ1v) is 8.76. The molecule has 1 fully saturated rings. The first-order chi connectivity index (χ1) is 11.3. The summed E-state index contributed by atoms with van der Waals surface area (Å²) in [6, 6.07) is 4.05. The number of rotatable bonds is 4. The monoisotopic (exact) mass is 354 g/mol. The molecule has 1 aliphatic carbocycles. The van der Waals surface area contributed by atoms with Crippen molar-refractivity contribution in [3.05, 3.63) is 29.0 Å². The molecule has 0 atom stereocenters. The van der Waals surface area contributed by atoms with Crippen LogP contribution >= 0.6 is 11.6 Å². The normalized spacial score (nSPS) is 16.3.